The van der Waals surface area contributed by atoms with Gasteiger partial charge >= 0.3 is 0 Å². The van der Waals surface area contributed by atoms with Crippen LogP contribution in [-0.4, -0.2) is 61.4 Å². The van der Waals surface area contributed by atoms with E-state index in [1.54, 1.807) is 12.1 Å². The van der Waals surface area contributed by atoms with Gasteiger partial charge in [0.1, 0.15) is 12.7 Å². The van der Waals surface area contributed by atoms with E-state index in [-0.39, 0.29) is 18.6 Å². The van der Waals surface area contributed by atoms with Crippen molar-refractivity contribution in [1.82, 2.24) is 9.88 Å². The van der Waals surface area contributed by atoms with Crippen molar-refractivity contribution in [3.8, 4) is 11.9 Å². The number of rotatable bonds is 7. The average Bonchev–Trinajstić information content (AvgIpc) is 3.22. The van der Waals surface area contributed by atoms with E-state index in [1.807, 2.05) is 17.9 Å². The van der Waals surface area contributed by atoms with E-state index in [9.17, 15) is 4.79 Å². The quantitative estimate of drug-likeness (QED) is 0.739. The van der Waals surface area contributed by atoms with Crippen LogP contribution >= 0.6 is 0 Å². The van der Waals surface area contributed by atoms with Crippen molar-refractivity contribution in [2.45, 2.75) is 19.4 Å². The minimum absolute atomic E-state index is 0.0385. The molecule has 3 rings (SSSR count). The Bertz CT molecular complexity index is 628. The molecule has 3 heterocycles. The fraction of sp³-hybridized carbons (Fsp3) is 0.611. The number of amides is 1. The number of carbonyl (C=O) groups is 1. The first-order valence-corrected chi connectivity index (χ1v) is 8.67. The highest BCUT2D eigenvalue weighted by Crippen LogP contribution is 2.35. The van der Waals surface area contributed by atoms with Crippen LogP contribution in [0.5, 0.6) is 5.88 Å². The monoisotopic (exact) mass is 345 g/mol. The third-order valence-electron chi connectivity index (χ3n) is 4.83. The molecule has 0 N–H and O–H groups in total. The lowest BCUT2D eigenvalue weighted by Gasteiger charge is -2.19. The van der Waals surface area contributed by atoms with Gasteiger partial charge in [-0.25, -0.2) is 4.98 Å². The Morgan fingerprint density at radius 3 is 3.08 bits per heavy atom. The van der Waals surface area contributed by atoms with Gasteiger partial charge in [-0.05, 0) is 25.3 Å². The summed E-state index contributed by atoms with van der Waals surface area (Å²) in [5, 5.41) is 8.76. The molecule has 0 unspecified atom stereocenters. The Balaban J connectivity index is 1.44. The fourth-order valence-electron chi connectivity index (χ4n) is 3.43. The normalized spacial score (nSPS) is 24.8. The van der Waals surface area contributed by atoms with Crippen LogP contribution in [0.1, 0.15) is 18.9 Å². The van der Waals surface area contributed by atoms with Gasteiger partial charge in [0.25, 0.3) is 0 Å². The van der Waals surface area contributed by atoms with Crippen LogP contribution in [0.4, 0.5) is 0 Å². The summed E-state index contributed by atoms with van der Waals surface area (Å²) in [5.74, 6) is 1.31. The molecule has 1 amide bonds. The number of pyridine rings is 1. The number of nitrogens with zero attached hydrogens (tertiary/aromatic N) is 3. The third-order valence-corrected chi connectivity index (χ3v) is 4.83. The minimum Gasteiger partial charge on any atom is -0.478 e. The Morgan fingerprint density at radius 2 is 2.36 bits per heavy atom. The Labute approximate surface area is 147 Å². The van der Waals surface area contributed by atoms with Crippen molar-refractivity contribution >= 4 is 5.91 Å². The van der Waals surface area contributed by atoms with Crippen LogP contribution in [0, 0.1) is 23.2 Å². The van der Waals surface area contributed by atoms with Crippen molar-refractivity contribution in [3.63, 3.8) is 0 Å². The summed E-state index contributed by atoms with van der Waals surface area (Å²) in [7, 11) is 0. The van der Waals surface area contributed by atoms with E-state index in [0.29, 0.717) is 49.6 Å². The molecule has 7 heteroatoms. The minimum atomic E-state index is 0.0385. The zero-order valence-electron chi connectivity index (χ0n) is 14.4. The van der Waals surface area contributed by atoms with Crippen molar-refractivity contribution in [2.24, 2.45) is 11.8 Å². The number of carbonyl (C=O) groups excluding carboxylic acids is 1. The second-order valence-corrected chi connectivity index (χ2v) is 6.37. The first-order valence-electron chi connectivity index (χ1n) is 8.67. The summed E-state index contributed by atoms with van der Waals surface area (Å²) in [5.41, 5.74) is 0.516. The second-order valence-electron chi connectivity index (χ2n) is 6.37. The fourth-order valence-corrected chi connectivity index (χ4v) is 3.43. The summed E-state index contributed by atoms with van der Waals surface area (Å²) in [4.78, 5) is 18.0. The number of likely N-dealkylation sites (tertiary alicyclic amines) is 1. The highest BCUT2D eigenvalue weighted by atomic mass is 16.5. The van der Waals surface area contributed by atoms with E-state index in [4.69, 9.17) is 19.5 Å². The predicted molar refractivity (Wildman–Crippen MR) is 88.9 cm³/mol. The van der Waals surface area contributed by atoms with Crippen LogP contribution < -0.4 is 4.74 Å². The SMILES string of the molecule is CCOCC(=O)N1C[C@H]2[C@@H](CCOc3ccc(C#N)cn3)CO[C@H]2C1. The molecule has 0 aliphatic carbocycles. The van der Waals surface area contributed by atoms with E-state index in [2.05, 4.69) is 4.98 Å². The smallest absolute Gasteiger partial charge is 0.248 e. The summed E-state index contributed by atoms with van der Waals surface area (Å²) < 4.78 is 16.7. The maximum atomic E-state index is 12.1. The zero-order chi connectivity index (χ0) is 17.6. The molecule has 134 valence electrons. The van der Waals surface area contributed by atoms with Crippen molar-refractivity contribution in [2.75, 3.05) is 39.5 Å². The lowest BCUT2D eigenvalue weighted by Crippen LogP contribution is -2.34. The molecule has 2 aliphatic rings. The second kappa shape index (κ2) is 8.28. The molecule has 7 nitrogen and oxygen atoms in total. The molecule has 3 atom stereocenters. The molecule has 0 bridgehead atoms. The Morgan fingerprint density at radius 1 is 1.48 bits per heavy atom. The zero-order valence-corrected chi connectivity index (χ0v) is 14.4. The summed E-state index contributed by atoms with van der Waals surface area (Å²) in [6.45, 7) is 5.23. The Kier molecular flexibility index (Phi) is 5.84. The van der Waals surface area contributed by atoms with Crippen LogP contribution in [0.2, 0.25) is 0 Å². The summed E-state index contributed by atoms with van der Waals surface area (Å²) >= 11 is 0. The molecule has 2 saturated heterocycles. The molecule has 0 aromatic carbocycles. The van der Waals surface area contributed by atoms with Crippen molar-refractivity contribution in [1.29, 1.82) is 5.26 Å². The number of ether oxygens (including phenoxy) is 3. The number of hydrogen-bond acceptors (Lipinski definition) is 6. The molecule has 0 radical (unpaired) electrons. The number of nitriles is 1. The molecular formula is C18H23N3O4. The van der Waals surface area contributed by atoms with E-state index >= 15 is 0 Å². The maximum Gasteiger partial charge on any atom is 0.248 e. The molecular weight excluding hydrogens is 322 g/mol. The number of aromatic nitrogens is 1. The topological polar surface area (TPSA) is 84.7 Å². The summed E-state index contributed by atoms with van der Waals surface area (Å²) in [6.07, 6.45) is 2.49. The van der Waals surface area contributed by atoms with Crippen LogP contribution in [0.3, 0.4) is 0 Å². The maximum absolute atomic E-state index is 12.1. The molecule has 0 saturated carbocycles. The van der Waals surface area contributed by atoms with Gasteiger partial charge in [0.15, 0.2) is 0 Å². The van der Waals surface area contributed by atoms with Gasteiger partial charge in [-0.3, -0.25) is 4.79 Å². The lowest BCUT2D eigenvalue weighted by molar-refractivity contribution is -0.135. The highest BCUT2D eigenvalue weighted by molar-refractivity contribution is 5.77. The molecule has 1 aromatic rings. The van der Waals surface area contributed by atoms with Gasteiger partial charge in [-0.2, -0.15) is 5.26 Å². The van der Waals surface area contributed by atoms with Gasteiger partial charge in [-0.1, -0.05) is 0 Å². The molecule has 0 spiro atoms. The van der Waals surface area contributed by atoms with Crippen LogP contribution in [-0.2, 0) is 14.3 Å². The largest absolute Gasteiger partial charge is 0.478 e. The average molecular weight is 345 g/mol. The van der Waals surface area contributed by atoms with Gasteiger partial charge in [0.05, 0.1) is 24.9 Å². The van der Waals surface area contributed by atoms with E-state index in [0.717, 1.165) is 13.0 Å². The first kappa shape index (κ1) is 17.6. The van der Waals surface area contributed by atoms with Gasteiger partial charge in [0, 0.05) is 37.9 Å². The predicted octanol–water partition coefficient (Wildman–Crippen LogP) is 1.23. The standard InChI is InChI=1S/C18H23N3O4/c1-2-23-12-18(22)21-9-15-14(11-25-16(15)10-21)5-6-24-17-4-3-13(7-19)8-20-17/h3-4,8,14-16H,2,5-6,9-12H2,1H3/t14-,15-,16-/m0/s1. The molecule has 1 aromatic heterocycles. The Hall–Kier alpha value is -2.17. The van der Waals surface area contributed by atoms with Gasteiger partial charge < -0.3 is 19.1 Å². The number of fused-ring (bicyclic) bond motifs is 1. The third kappa shape index (κ3) is 4.27. The lowest BCUT2D eigenvalue weighted by atomic mass is 9.91. The van der Waals surface area contributed by atoms with E-state index < -0.39 is 0 Å². The highest BCUT2D eigenvalue weighted by Gasteiger charge is 2.44. The van der Waals surface area contributed by atoms with Crippen LogP contribution in [0.15, 0.2) is 18.3 Å². The first-order chi connectivity index (χ1) is 12.2. The van der Waals surface area contributed by atoms with Crippen molar-refractivity contribution in [3.05, 3.63) is 23.9 Å². The van der Waals surface area contributed by atoms with E-state index in [1.165, 1.54) is 6.20 Å². The molecule has 25 heavy (non-hydrogen) atoms. The van der Waals surface area contributed by atoms with Crippen LogP contribution in [0.25, 0.3) is 0 Å². The molecule has 2 fully saturated rings. The van der Waals surface area contributed by atoms with Gasteiger partial charge in [0.2, 0.25) is 11.8 Å². The number of hydrogen-bond donors (Lipinski definition) is 0. The van der Waals surface area contributed by atoms with Gasteiger partial charge in [-0.15, -0.1) is 0 Å². The molecule has 2 aliphatic heterocycles. The van der Waals surface area contributed by atoms with Crippen molar-refractivity contribution < 1.29 is 19.0 Å². The summed E-state index contributed by atoms with van der Waals surface area (Å²) in [6, 6.07) is 5.43.